The molecule has 1 aliphatic carbocycles. The topological polar surface area (TPSA) is 91.3 Å². The van der Waals surface area contributed by atoms with Crippen LogP contribution in [0.5, 0.6) is 11.5 Å². The van der Waals surface area contributed by atoms with Crippen LogP contribution >= 0.6 is 0 Å². The van der Waals surface area contributed by atoms with Crippen molar-refractivity contribution in [1.82, 2.24) is 0 Å². The van der Waals surface area contributed by atoms with Crippen molar-refractivity contribution in [1.29, 1.82) is 0 Å². The Hall–Kier alpha value is -2.70. The molecule has 1 aromatic rings. The van der Waals surface area contributed by atoms with E-state index in [1.54, 1.807) is 14.2 Å². The predicted molar refractivity (Wildman–Crippen MR) is 113 cm³/mol. The molecular formula is C23H31NO6. The highest BCUT2D eigenvalue weighted by molar-refractivity contribution is 6.22. The molecule has 0 aromatic heterocycles. The Balaban J connectivity index is 2.14. The van der Waals surface area contributed by atoms with Gasteiger partial charge in [-0.05, 0) is 36.0 Å². The molecule has 1 aliphatic rings. The summed E-state index contributed by atoms with van der Waals surface area (Å²) in [5.74, 6) is -0.389. The quantitative estimate of drug-likeness (QED) is 0.453. The molecule has 2 rings (SSSR count). The number of hydrogen-bond acceptors (Lipinski definition) is 7. The van der Waals surface area contributed by atoms with Gasteiger partial charge in [0.05, 0.1) is 27.8 Å². The fraction of sp³-hybridized carbons (Fsp3) is 0.565. The summed E-state index contributed by atoms with van der Waals surface area (Å²) in [6.45, 7) is 4.46. The van der Waals surface area contributed by atoms with E-state index in [2.05, 4.69) is 9.73 Å². The van der Waals surface area contributed by atoms with Gasteiger partial charge in [0, 0.05) is 25.1 Å². The normalized spacial score (nSPS) is 19.4. The van der Waals surface area contributed by atoms with Crippen molar-refractivity contribution < 1.29 is 28.6 Å². The summed E-state index contributed by atoms with van der Waals surface area (Å²) >= 11 is 0. The predicted octanol–water partition coefficient (Wildman–Crippen LogP) is 3.21. The van der Waals surface area contributed by atoms with Crippen LogP contribution in [0.2, 0.25) is 0 Å². The van der Waals surface area contributed by atoms with E-state index in [0.29, 0.717) is 43.0 Å². The first-order valence-corrected chi connectivity index (χ1v) is 10.1. The second kappa shape index (κ2) is 10.4. The molecule has 30 heavy (non-hydrogen) atoms. The number of carbonyl (C=O) groups excluding carboxylic acids is 3. The SMILES string of the molecule is COC(=O)CCC(=O)C1C(=O)CC(C)(C)CC1=NCCc1ccc(OC)c(OC)c1. The molecular weight excluding hydrogens is 386 g/mol. The largest absolute Gasteiger partial charge is 0.493 e. The van der Waals surface area contributed by atoms with Gasteiger partial charge in [-0.2, -0.15) is 0 Å². The molecule has 0 radical (unpaired) electrons. The van der Waals surface area contributed by atoms with Crippen LogP contribution in [0.15, 0.2) is 23.2 Å². The number of ketones is 2. The van der Waals surface area contributed by atoms with Crippen molar-refractivity contribution in [2.24, 2.45) is 16.3 Å². The standard InChI is InChI=1S/C23H31NO6/c1-23(2)13-16(22(18(26)14-23)17(25)7-9-21(27)30-5)24-11-10-15-6-8-19(28-3)20(12-15)29-4/h6,8,12,22H,7,9-11,13-14H2,1-5H3. The summed E-state index contributed by atoms with van der Waals surface area (Å²) in [7, 11) is 4.45. The maximum atomic E-state index is 12.7. The van der Waals surface area contributed by atoms with E-state index in [9.17, 15) is 14.4 Å². The van der Waals surface area contributed by atoms with Crippen LogP contribution in [0.25, 0.3) is 0 Å². The number of benzene rings is 1. The van der Waals surface area contributed by atoms with E-state index >= 15 is 0 Å². The van der Waals surface area contributed by atoms with Gasteiger partial charge in [-0.25, -0.2) is 0 Å². The third-order valence-electron chi connectivity index (χ3n) is 5.26. The minimum atomic E-state index is -0.854. The van der Waals surface area contributed by atoms with E-state index in [-0.39, 0.29) is 29.8 Å². The second-order valence-corrected chi connectivity index (χ2v) is 8.27. The lowest BCUT2D eigenvalue weighted by Gasteiger charge is -2.34. The van der Waals surface area contributed by atoms with Gasteiger partial charge in [-0.3, -0.25) is 19.4 Å². The highest BCUT2D eigenvalue weighted by atomic mass is 16.5. The number of rotatable bonds is 9. The molecule has 1 saturated carbocycles. The molecule has 0 saturated heterocycles. The van der Waals surface area contributed by atoms with Gasteiger partial charge in [0.2, 0.25) is 0 Å². The Labute approximate surface area is 177 Å². The maximum absolute atomic E-state index is 12.7. The van der Waals surface area contributed by atoms with E-state index in [0.717, 1.165) is 5.56 Å². The van der Waals surface area contributed by atoms with Crippen molar-refractivity contribution in [3.05, 3.63) is 23.8 Å². The van der Waals surface area contributed by atoms with Crippen molar-refractivity contribution in [2.75, 3.05) is 27.9 Å². The molecule has 1 fully saturated rings. The Morgan fingerprint density at radius 3 is 2.40 bits per heavy atom. The van der Waals surface area contributed by atoms with Crippen LogP contribution in [-0.4, -0.2) is 51.1 Å². The summed E-state index contributed by atoms with van der Waals surface area (Å²) in [4.78, 5) is 41.5. The molecule has 0 spiro atoms. The summed E-state index contributed by atoms with van der Waals surface area (Å²) < 4.78 is 15.2. The molecule has 1 atom stereocenters. The first-order chi connectivity index (χ1) is 14.2. The average Bonchev–Trinajstić information content (AvgIpc) is 2.70. The number of ether oxygens (including phenoxy) is 3. The first-order valence-electron chi connectivity index (χ1n) is 10.1. The molecule has 0 aliphatic heterocycles. The Bertz CT molecular complexity index is 827. The maximum Gasteiger partial charge on any atom is 0.305 e. The van der Waals surface area contributed by atoms with Crippen LogP contribution in [0, 0.1) is 11.3 Å². The molecule has 7 nitrogen and oxygen atoms in total. The number of aliphatic imine (C=N–C) groups is 1. The number of Topliss-reactive ketones (excluding diaryl/α,β-unsaturated/α-hetero) is 2. The number of methoxy groups -OCH3 is 3. The summed E-state index contributed by atoms with van der Waals surface area (Å²) in [6.07, 6.45) is 1.51. The van der Waals surface area contributed by atoms with E-state index in [4.69, 9.17) is 9.47 Å². The Kier molecular flexibility index (Phi) is 8.15. The minimum Gasteiger partial charge on any atom is -0.493 e. The van der Waals surface area contributed by atoms with Crippen molar-refractivity contribution in [3.8, 4) is 11.5 Å². The molecule has 1 unspecified atom stereocenters. The third kappa shape index (κ3) is 6.15. The van der Waals surface area contributed by atoms with Crippen LogP contribution in [-0.2, 0) is 25.5 Å². The number of esters is 1. The first kappa shape index (κ1) is 23.6. The van der Waals surface area contributed by atoms with Crippen LogP contribution < -0.4 is 9.47 Å². The van der Waals surface area contributed by atoms with Gasteiger partial charge in [0.25, 0.3) is 0 Å². The lowest BCUT2D eigenvalue weighted by molar-refractivity contribution is -0.143. The zero-order valence-electron chi connectivity index (χ0n) is 18.4. The molecule has 0 heterocycles. The fourth-order valence-electron chi connectivity index (χ4n) is 3.76. The molecule has 7 heteroatoms. The highest BCUT2D eigenvalue weighted by Gasteiger charge is 2.41. The molecule has 0 N–H and O–H groups in total. The summed E-state index contributed by atoms with van der Waals surface area (Å²) in [5, 5.41) is 0. The fourth-order valence-corrected chi connectivity index (χ4v) is 3.76. The van der Waals surface area contributed by atoms with Gasteiger partial charge in [-0.1, -0.05) is 19.9 Å². The summed E-state index contributed by atoms with van der Waals surface area (Å²) in [6, 6.07) is 5.68. The molecule has 0 bridgehead atoms. The van der Waals surface area contributed by atoms with Gasteiger partial charge in [0.1, 0.15) is 17.5 Å². The monoisotopic (exact) mass is 417 g/mol. The Morgan fingerprint density at radius 1 is 1.07 bits per heavy atom. The van der Waals surface area contributed by atoms with Crippen LogP contribution in [0.4, 0.5) is 0 Å². The highest BCUT2D eigenvalue weighted by Crippen LogP contribution is 2.35. The number of carbonyl (C=O) groups is 3. The van der Waals surface area contributed by atoms with Crippen molar-refractivity contribution in [3.63, 3.8) is 0 Å². The smallest absolute Gasteiger partial charge is 0.305 e. The lowest BCUT2D eigenvalue weighted by atomic mass is 9.69. The zero-order valence-corrected chi connectivity index (χ0v) is 18.4. The van der Waals surface area contributed by atoms with Crippen LogP contribution in [0.3, 0.4) is 0 Å². The van der Waals surface area contributed by atoms with Gasteiger partial charge >= 0.3 is 5.97 Å². The van der Waals surface area contributed by atoms with Gasteiger partial charge < -0.3 is 14.2 Å². The minimum absolute atomic E-state index is 0.0157. The average molecular weight is 418 g/mol. The number of nitrogens with zero attached hydrogens (tertiary/aromatic N) is 1. The third-order valence-corrected chi connectivity index (χ3v) is 5.26. The van der Waals surface area contributed by atoms with Gasteiger partial charge in [0.15, 0.2) is 11.5 Å². The van der Waals surface area contributed by atoms with E-state index in [1.807, 2.05) is 32.0 Å². The molecule has 164 valence electrons. The van der Waals surface area contributed by atoms with Crippen molar-refractivity contribution in [2.45, 2.75) is 46.0 Å². The zero-order chi connectivity index (χ0) is 22.3. The summed E-state index contributed by atoms with van der Waals surface area (Å²) in [5.41, 5.74) is 1.40. The molecule has 0 amide bonds. The van der Waals surface area contributed by atoms with Crippen LogP contribution in [0.1, 0.15) is 45.1 Å². The lowest BCUT2D eigenvalue weighted by Crippen LogP contribution is -2.42. The molecule has 1 aromatic carbocycles. The number of hydrogen-bond donors (Lipinski definition) is 0. The Morgan fingerprint density at radius 2 is 1.77 bits per heavy atom. The second-order valence-electron chi connectivity index (χ2n) is 8.27. The van der Waals surface area contributed by atoms with E-state index in [1.165, 1.54) is 7.11 Å². The van der Waals surface area contributed by atoms with E-state index < -0.39 is 11.9 Å². The van der Waals surface area contributed by atoms with Crippen molar-refractivity contribution >= 4 is 23.2 Å². The van der Waals surface area contributed by atoms with Gasteiger partial charge in [-0.15, -0.1) is 0 Å².